The van der Waals surface area contributed by atoms with Gasteiger partial charge in [0.2, 0.25) is 0 Å². The number of hydrogen-bond acceptors (Lipinski definition) is 4. The van der Waals surface area contributed by atoms with Gasteiger partial charge in [0.25, 0.3) is 0 Å². The van der Waals surface area contributed by atoms with E-state index in [2.05, 4.69) is 24.5 Å². The third kappa shape index (κ3) is 2.14. The summed E-state index contributed by atoms with van der Waals surface area (Å²) in [5, 5.41) is 0.245. The second-order valence-corrected chi connectivity index (χ2v) is 6.24. The van der Waals surface area contributed by atoms with Crippen LogP contribution in [0, 0.1) is 5.82 Å². The van der Waals surface area contributed by atoms with Gasteiger partial charge < -0.3 is 10.5 Å². The summed E-state index contributed by atoms with van der Waals surface area (Å²) in [6.07, 6.45) is 1.71. The van der Waals surface area contributed by atoms with E-state index in [0.717, 1.165) is 37.2 Å². The molecule has 2 aliphatic rings. The minimum Gasteiger partial charge on any atom is -0.485 e. The lowest BCUT2D eigenvalue weighted by atomic mass is 9.83. The van der Waals surface area contributed by atoms with Crippen molar-refractivity contribution in [2.24, 2.45) is 5.73 Å². The highest BCUT2D eigenvalue weighted by Gasteiger charge is 2.48. The van der Waals surface area contributed by atoms with Crippen LogP contribution in [-0.2, 0) is 0 Å². The number of halogens is 1. The van der Waals surface area contributed by atoms with Crippen LogP contribution in [0.25, 0.3) is 0 Å². The summed E-state index contributed by atoms with van der Waals surface area (Å²) in [5.74, 6) is 0.484. The molecule has 0 aromatic heterocycles. The Labute approximate surface area is 118 Å². The van der Waals surface area contributed by atoms with Crippen molar-refractivity contribution >= 4 is 12.6 Å². The SMILES string of the molecule is CC(S)N1CCC2(CC1)Oc1ccc(F)cc1[C@H]2N. The molecule has 0 radical (unpaired) electrons. The van der Waals surface area contributed by atoms with Crippen molar-refractivity contribution in [1.82, 2.24) is 4.90 Å². The predicted octanol–water partition coefficient (Wildman–Crippen LogP) is 2.33. The van der Waals surface area contributed by atoms with E-state index in [-0.39, 0.29) is 22.8 Å². The maximum atomic E-state index is 13.3. The number of likely N-dealkylation sites (tertiary alicyclic amines) is 1. The lowest BCUT2D eigenvalue weighted by Crippen LogP contribution is -2.52. The summed E-state index contributed by atoms with van der Waals surface area (Å²) in [6, 6.07) is 4.38. The molecule has 3 nitrogen and oxygen atoms in total. The van der Waals surface area contributed by atoms with Crippen LogP contribution in [-0.4, -0.2) is 29.0 Å². The number of rotatable bonds is 1. The zero-order valence-corrected chi connectivity index (χ0v) is 11.9. The molecule has 0 saturated carbocycles. The zero-order valence-electron chi connectivity index (χ0n) is 11.0. The molecule has 1 unspecified atom stereocenters. The monoisotopic (exact) mass is 282 g/mol. The van der Waals surface area contributed by atoms with Gasteiger partial charge in [-0.05, 0) is 25.1 Å². The molecular weight excluding hydrogens is 263 g/mol. The average Bonchev–Trinajstić information content (AvgIpc) is 2.64. The van der Waals surface area contributed by atoms with Crippen molar-refractivity contribution in [1.29, 1.82) is 0 Å². The maximum Gasteiger partial charge on any atom is 0.131 e. The van der Waals surface area contributed by atoms with E-state index in [1.807, 2.05) is 0 Å². The molecule has 5 heteroatoms. The fraction of sp³-hybridized carbons (Fsp3) is 0.571. The van der Waals surface area contributed by atoms with Crippen LogP contribution in [0.2, 0.25) is 0 Å². The van der Waals surface area contributed by atoms with Crippen LogP contribution in [0.5, 0.6) is 5.75 Å². The third-order valence-corrected chi connectivity index (χ3v) is 4.69. The van der Waals surface area contributed by atoms with E-state index >= 15 is 0 Å². The van der Waals surface area contributed by atoms with E-state index in [1.165, 1.54) is 12.1 Å². The van der Waals surface area contributed by atoms with Gasteiger partial charge in [-0.3, -0.25) is 4.90 Å². The molecule has 2 N–H and O–H groups in total. The van der Waals surface area contributed by atoms with E-state index in [4.69, 9.17) is 10.5 Å². The van der Waals surface area contributed by atoms with Crippen molar-refractivity contribution in [3.8, 4) is 5.75 Å². The van der Waals surface area contributed by atoms with E-state index in [9.17, 15) is 4.39 Å². The molecule has 3 rings (SSSR count). The predicted molar refractivity (Wildman–Crippen MR) is 75.9 cm³/mol. The van der Waals surface area contributed by atoms with Crippen LogP contribution in [0.4, 0.5) is 4.39 Å². The highest BCUT2D eigenvalue weighted by Crippen LogP contribution is 2.47. The maximum absolute atomic E-state index is 13.3. The molecule has 104 valence electrons. The van der Waals surface area contributed by atoms with Crippen molar-refractivity contribution in [3.05, 3.63) is 29.6 Å². The normalized spacial score (nSPS) is 27.1. The van der Waals surface area contributed by atoms with Crippen LogP contribution in [0.3, 0.4) is 0 Å². The fourth-order valence-corrected chi connectivity index (χ4v) is 3.34. The first kappa shape index (κ1) is 13.2. The van der Waals surface area contributed by atoms with Crippen LogP contribution in [0.1, 0.15) is 31.4 Å². The van der Waals surface area contributed by atoms with Crippen LogP contribution >= 0.6 is 12.6 Å². The van der Waals surface area contributed by atoms with Gasteiger partial charge in [0.05, 0.1) is 6.04 Å². The summed E-state index contributed by atoms with van der Waals surface area (Å²) < 4.78 is 19.4. The number of thiol groups is 1. The van der Waals surface area contributed by atoms with E-state index in [1.54, 1.807) is 6.07 Å². The molecule has 19 heavy (non-hydrogen) atoms. The Balaban J connectivity index is 1.82. The van der Waals surface area contributed by atoms with Crippen molar-refractivity contribution < 1.29 is 9.13 Å². The zero-order chi connectivity index (χ0) is 13.6. The highest BCUT2D eigenvalue weighted by atomic mass is 32.1. The number of piperidine rings is 1. The Bertz CT molecular complexity index is 486. The number of benzene rings is 1. The second-order valence-electron chi connectivity index (χ2n) is 5.49. The molecule has 1 aromatic rings. The van der Waals surface area contributed by atoms with Gasteiger partial charge in [-0.1, -0.05) is 0 Å². The molecule has 1 aromatic carbocycles. The minimum atomic E-state index is -0.366. The standard InChI is InChI=1S/C14H19FN2OS/c1-9(19)17-6-4-14(5-7-17)13(16)11-8-10(15)2-3-12(11)18-14/h2-3,8-9,13,19H,4-7,16H2,1H3/t9?,13-/m1/s1. The molecule has 1 spiro atoms. The van der Waals surface area contributed by atoms with Gasteiger partial charge in [0.1, 0.15) is 17.2 Å². The van der Waals surface area contributed by atoms with Gasteiger partial charge >= 0.3 is 0 Å². The third-order valence-electron chi connectivity index (χ3n) is 4.36. The number of nitrogens with two attached hydrogens (primary N) is 1. The number of fused-ring (bicyclic) bond motifs is 1. The summed E-state index contributed by atoms with van der Waals surface area (Å²) in [7, 11) is 0. The summed E-state index contributed by atoms with van der Waals surface area (Å²) in [5.41, 5.74) is 6.75. The molecule has 2 heterocycles. The Hall–Kier alpha value is -0.780. The van der Waals surface area contributed by atoms with Gasteiger partial charge in [0, 0.05) is 36.9 Å². The number of ether oxygens (including phenoxy) is 1. The van der Waals surface area contributed by atoms with Gasteiger partial charge in [-0.15, -0.1) is 0 Å². The average molecular weight is 282 g/mol. The molecule has 2 atom stereocenters. The molecule has 0 aliphatic carbocycles. The highest BCUT2D eigenvalue weighted by molar-refractivity contribution is 7.80. The first-order valence-electron chi connectivity index (χ1n) is 6.68. The number of nitrogens with zero attached hydrogens (tertiary/aromatic N) is 1. The lowest BCUT2D eigenvalue weighted by molar-refractivity contribution is -0.000426. The molecule has 0 bridgehead atoms. The van der Waals surface area contributed by atoms with Crippen molar-refractivity contribution in [2.75, 3.05) is 13.1 Å². The molecule has 1 fully saturated rings. The first-order valence-corrected chi connectivity index (χ1v) is 7.20. The molecular formula is C14H19FN2OS. The van der Waals surface area contributed by atoms with E-state index in [0.29, 0.717) is 0 Å². The van der Waals surface area contributed by atoms with Crippen molar-refractivity contribution in [3.63, 3.8) is 0 Å². The summed E-state index contributed by atoms with van der Waals surface area (Å²) >= 11 is 4.46. The Morgan fingerprint density at radius 1 is 1.47 bits per heavy atom. The molecule has 1 saturated heterocycles. The van der Waals surface area contributed by atoms with Crippen molar-refractivity contribution in [2.45, 2.75) is 36.8 Å². The van der Waals surface area contributed by atoms with E-state index < -0.39 is 0 Å². The fourth-order valence-electron chi connectivity index (χ4n) is 3.11. The minimum absolute atomic E-state index is 0.240. The van der Waals surface area contributed by atoms with Gasteiger partial charge in [-0.2, -0.15) is 12.6 Å². The van der Waals surface area contributed by atoms with Crippen LogP contribution in [0.15, 0.2) is 18.2 Å². The summed E-state index contributed by atoms with van der Waals surface area (Å²) in [6.45, 7) is 3.89. The van der Waals surface area contributed by atoms with Gasteiger partial charge in [-0.25, -0.2) is 4.39 Å². The lowest BCUT2D eigenvalue weighted by Gasteiger charge is -2.42. The quantitative estimate of drug-likeness (QED) is 0.777. The molecule has 0 amide bonds. The Morgan fingerprint density at radius 3 is 2.79 bits per heavy atom. The smallest absolute Gasteiger partial charge is 0.131 e. The van der Waals surface area contributed by atoms with Crippen LogP contribution < -0.4 is 10.5 Å². The largest absolute Gasteiger partial charge is 0.485 e. The second kappa shape index (κ2) is 4.65. The summed E-state index contributed by atoms with van der Waals surface area (Å²) in [4.78, 5) is 2.30. The van der Waals surface area contributed by atoms with Gasteiger partial charge in [0.15, 0.2) is 0 Å². The topological polar surface area (TPSA) is 38.5 Å². The Kier molecular flexibility index (Phi) is 3.23. The number of hydrogen-bond donors (Lipinski definition) is 2. The molecule has 2 aliphatic heterocycles. The Morgan fingerprint density at radius 2 is 2.16 bits per heavy atom. The first-order chi connectivity index (χ1) is 9.02.